The molecule has 9 heteroatoms. The van der Waals surface area contributed by atoms with Gasteiger partial charge < -0.3 is 20.1 Å². The van der Waals surface area contributed by atoms with Gasteiger partial charge in [-0.05, 0) is 13.0 Å². The van der Waals surface area contributed by atoms with Crippen LogP contribution < -0.4 is 10.6 Å². The van der Waals surface area contributed by atoms with Crippen LogP contribution in [0.4, 0.5) is 5.69 Å². The van der Waals surface area contributed by atoms with E-state index in [1.54, 1.807) is 26.1 Å². The number of amides is 2. The van der Waals surface area contributed by atoms with Crippen LogP contribution in [0, 0.1) is 0 Å². The molecule has 3 N–H and O–H groups in total. The number of hydrogen-bond donors (Lipinski definition) is 3. The number of benzene rings is 1. The van der Waals surface area contributed by atoms with E-state index in [9.17, 15) is 14.7 Å². The van der Waals surface area contributed by atoms with E-state index in [1.165, 1.54) is 10.9 Å². The molecule has 1 unspecified atom stereocenters. The first-order chi connectivity index (χ1) is 14.9. The molecule has 1 aromatic carbocycles. The van der Waals surface area contributed by atoms with E-state index in [4.69, 9.17) is 0 Å². The van der Waals surface area contributed by atoms with Crippen molar-refractivity contribution < 1.29 is 14.7 Å². The first-order valence-corrected chi connectivity index (χ1v) is 9.76. The van der Waals surface area contributed by atoms with Gasteiger partial charge in [0.1, 0.15) is 11.3 Å². The number of fused-ring (bicyclic) bond motifs is 1. The molecule has 0 radical (unpaired) electrons. The number of hydrogen-bond acceptors (Lipinski definition) is 5. The summed E-state index contributed by atoms with van der Waals surface area (Å²) in [5, 5.41) is 18.8. The maximum atomic E-state index is 12.9. The summed E-state index contributed by atoms with van der Waals surface area (Å²) in [6.45, 7) is 1.64. The Morgan fingerprint density at radius 2 is 1.94 bits per heavy atom. The lowest BCUT2D eigenvalue weighted by molar-refractivity contribution is 0.0913. The number of imidazole rings is 1. The Morgan fingerprint density at radius 3 is 2.68 bits per heavy atom. The van der Waals surface area contributed by atoms with Crippen LogP contribution in [-0.4, -0.2) is 48.7 Å². The SMILES string of the molecule is CC(O)CNC(=O)c1cnn(C)c1C(=O)Nc1ccn2cc(-c3ccccc3)nc2c1. The summed E-state index contributed by atoms with van der Waals surface area (Å²) in [7, 11) is 1.59. The lowest BCUT2D eigenvalue weighted by Crippen LogP contribution is -2.32. The molecule has 9 nitrogen and oxygen atoms in total. The second-order valence-corrected chi connectivity index (χ2v) is 7.22. The molecule has 0 saturated carbocycles. The quantitative estimate of drug-likeness (QED) is 0.444. The van der Waals surface area contributed by atoms with Gasteiger partial charge in [0.05, 0.1) is 23.6 Å². The number of anilines is 1. The van der Waals surface area contributed by atoms with Crippen LogP contribution in [0.1, 0.15) is 27.8 Å². The Hall–Kier alpha value is -3.98. The number of aromatic nitrogens is 4. The molecule has 1 atom stereocenters. The van der Waals surface area contributed by atoms with Crippen molar-refractivity contribution in [1.82, 2.24) is 24.5 Å². The van der Waals surface area contributed by atoms with Crippen molar-refractivity contribution >= 4 is 23.1 Å². The molecular weight excluding hydrogens is 396 g/mol. The fraction of sp³-hybridized carbons (Fsp3) is 0.182. The zero-order chi connectivity index (χ0) is 22.0. The molecule has 3 heterocycles. The van der Waals surface area contributed by atoms with Crippen LogP contribution in [0.2, 0.25) is 0 Å². The van der Waals surface area contributed by atoms with E-state index in [0.29, 0.717) is 11.3 Å². The highest BCUT2D eigenvalue weighted by molar-refractivity contribution is 6.11. The standard InChI is InChI=1S/C22H22N6O3/c1-14(29)11-23-21(30)17-12-24-27(2)20(17)22(31)25-16-8-9-28-13-18(26-19(28)10-16)15-6-4-3-5-7-15/h3-10,12-14,29H,11H2,1-2H3,(H,23,30)(H,25,31). The molecule has 2 amide bonds. The summed E-state index contributed by atoms with van der Waals surface area (Å²) in [5.74, 6) is -0.947. The molecule has 0 bridgehead atoms. The molecule has 4 aromatic rings. The normalized spacial score (nSPS) is 12.0. The van der Waals surface area contributed by atoms with E-state index < -0.39 is 17.9 Å². The van der Waals surface area contributed by atoms with Gasteiger partial charge >= 0.3 is 0 Å². The predicted molar refractivity (Wildman–Crippen MR) is 116 cm³/mol. The summed E-state index contributed by atoms with van der Waals surface area (Å²) < 4.78 is 3.21. The second kappa shape index (κ2) is 8.41. The van der Waals surface area contributed by atoms with E-state index in [-0.39, 0.29) is 17.8 Å². The van der Waals surface area contributed by atoms with Gasteiger partial charge in [-0.3, -0.25) is 14.3 Å². The van der Waals surface area contributed by atoms with E-state index >= 15 is 0 Å². The maximum absolute atomic E-state index is 12.9. The first kappa shape index (κ1) is 20.3. The van der Waals surface area contributed by atoms with Crippen molar-refractivity contribution in [2.24, 2.45) is 7.05 Å². The Bertz CT molecular complexity index is 1240. The number of rotatable bonds is 6. The van der Waals surface area contributed by atoms with Crippen LogP contribution in [0.25, 0.3) is 16.9 Å². The third kappa shape index (κ3) is 4.31. The number of carbonyl (C=O) groups is 2. The molecule has 158 valence electrons. The summed E-state index contributed by atoms with van der Waals surface area (Å²) in [5.41, 5.74) is 3.30. The van der Waals surface area contributed by atoms with Crippen LogP contribution in [0.5, 0.6) is 0 Å². The second-order valence-electron chi connectivity index (χ2n) is 7.22. The average molecular weight is 418 g/mol. The fourth-order valence-corrected chi connectivity index (χ4v) is 3.21. The van der Waals surface area contributed by atoms with Gasteiger partial charge in [-0.25, -0.2) is 4.98 Å². The van der Waals surface area contributed by atoms with Crippen molar-refractivity contribution in [3.63, 3.8) is 0 Å². The molecule has 3 aromatic heterocycles. The van der Waals surface area contributed by atoms with Crippen LogP contribution in [0.15, 0.2) is 61.1 Å². The van der Waals surface area contributed by atoms with Gasteiger partial charge in [-0.15, -0.1) is 0 Å². The number of aryl methyl sites for hydroxylation is 1. The molecule has 0 spiro atoms. The summed E-state index contributed by atoms with van der Waals surface area (Å²) in [6.07, 6.45) is 4.36. The Balaban J connectivity index is 1.56. The number of nitrogens with one attached hydrogen (secondary N) is 2. The molecular formula is C22H22N6O3. The monoisotopic (exact) mass is 418 g/mol. The number of carbonyl (C=O) groups excluding carboxylic acids is 2. The molecule has 0 aliphatic carbocycles. The Labute approximate surface area is 178 Å². The highest BCUT2D eigenvalue weighted by atomic mass is 16.3. The van der Waals surface area contributed by atoms with E-state index in [1.807, 2.05) is 47.1 Å². The highest BCUT2D eigenvalue weighted by Gasteiger charge is 2.22. The van der Waals surface area contributed by atoms with Crippen LogP contribution in [0.3, 0.4) is 0 Å². The number of nitrogens with zero attached hydrogens (tertiary/aromatic N) is 4. The van der Waals surface area contributed by atoms with Gasteiger partial charge in [0, 0.05) is 43.3 Å². The first-order valence-electron chi connectivity index (χ1n) is 9.76. The third-order valence-corrected chi connectivity index (χ3v) is 4.74. The molecule has 0 aliphatic heterocycles. The van der Waals surface area contributed by atoms with E-state index in [0.717, 1.165) is 11.3 Å². The van der Waals surface area contributed by atoms with Gasteiger partial charge in [0.25, 0.3) is 11.8 Å². The van der Waals surface area contributed by atoms with Crippen LogP contribution >= 0.6 is 0 Å². The van der Waals surface area contributed by atoms with Gasteiger partial charge in [-0.2, -0.15) is 5.10 Å². The summed E-state index contributed by atoms with van der Waals surface area (Å²) >= 11 is 0. The summed E-state index contributed by atoms with van der Waals surface area (Å²) in [4.78, 5) is 29.9. The van der Waals surface area contributed by atoms with Crippen molar-refractivity contribution in [2.45, 2.75) is 13.0 Å². The Kier molecular flexibility index (Phi) is 5.50. The van der Waals surface area contributed by atoms with Crippen molar-refractivity contribution in [2.75, 3.05) is 11.9 Å². The minimum atomic E-state index is -0.694. The third-order valence-electron chi connectivity index (χ3n) is 4.74. The minimum Gasteiger partial charge on any atom is -0.392 e. The zero-order valence-corrected chi connectivity index (χ0v) is 17.1. The lowest BCUT2D eigenvalue weighted by atomic mass is 10.2. The molecule has 0 aliphatic rings. The predicted octanol–water partition coefficient (Wildman–Crippen LogP) is 2.10. The smallest absolute Gasteiger partial charge is 0.274 e. The van der Waals surface area contributed by atoms with Gasteiger partial charge in [0.15, 0.2) is 0 Å². The van der Waals surface area contributed by atoms with Crippen molar-refractivity contribution in [3.05, 3.63) is 72.3 Å². The number of aliphatic hydroxyl groups is 1. The lowest BCUT2D eigenvalue weighted by Gasteiger charge is -2.09. The molecule has 0 fully saturated rings. The Morgan fingerprint density at radius 1 is 1.16 bits per heavy atom. The van der Waals surface area contributed by atoms with Gasteiger partial charge in [-0.1, -0.05) is 30.3 Å². The summed E-state index contributed by atoms with van der Waals surface area (Å²) in [6, 6.07) is 13.3. The van der Waals surface area contributed by atoms with Crippen molar-refractivity contribution in [3.8, 4) is 11.3 Å². The number of pyridine rings is 1. The minimum absolute atomic E-state index is 0.0785. The topological polar surface area (TPSA) is 114 Å². The van der Waals surface area contributed by atoms with E-state index in [2.05, 4.69) is 20.7 Å². The number of aliphatic hydroxyl groups excluding tert-OH is 1. The molecule has 4 rings (SSSR count). The average Bonchev–Trinajstić information content (AvgIpc) is 3.36. The largest absolute Gasteiger partial charge is 0.392 e. The molecule has 31 heavy (non-hydrogen) atoms. The highest BCUT2D eigenvalue weighted by Crippen LogP contribution is 2.21. The maximum Gasteiger partial charge on any atom is 0.274 e. The van der Waals surface area contributed by atoms with Gasteiger partial charge in [0.2, 0.25) is 0 Å². The van der Waals surface area contributed by atoms with Crippen molar-refractivity contribution in [1.29, 1.82) is 0 Å². The van der Waals surface area contributed by atoms with Crippen LogP contribution in [-0.2, 0) is 7.05 Å². The zero-order valence-electron chi connectivity index (χ0n) is 17.1. The molecule has 0 saturated heterocycles. The fourth-order valence-electron chi connectivity index (χ4n) is 3.21.